The molecule has 1 aromatic heterocycles. The topological polar surface area (TPSA) is 61.4 Å². The van der Waals surface area contributed by atoms with Gasteiger partial charge in [-0.2, -0.15) is 0 Å². The van der Waals surface area contributed by atoms with Gasteiger partial charge in [-0.15, -0.1) is 0 Å². The average Bonchev–Trinajstić information content (AvgIpc) is 3.10. The zero-order valence-electron chi connectivity index (χ0n) is 14.2. The van der Waals surface area contributed by atoms with Gasteiger partial charge in [-0.3, -0.25) is 4.90 Å². The lowest BCUT2D eigenvalue weighted by Crippen LogP contribution is -2.39. The van der Waals surface area contributed by atoms with E-state index in [4.69, 9.17) is 4.74 Å². The molecule has 0 aliphatic carbocycles. The Kier molecular flexibility index (Phi) is 4.87. The van der Waals surface area contributed by atoms with Crippen LogP contribution < -0.4 is 4.74 Å². The zero-order chi connectivity index (χ0) is 17.2. The Labute approximate surface area is 141 Å². The van der Waals surface area contributed by atoms with Gasteiger partial charge >= 0.3 is 0 Å². The van der Waals surface area contributed by atoms with E-state index in [1.165, 1.54) is 12.1 Å². The molecule has 1 atom stereocenters. The van der Waals surface area contributed by atoms with Crippen molar-refractivity contribution >= 4 is 0 Å². The lowest BCUT2D eigenvalue weighted by molar-refractivity contribution is 0.00320. The number of aliphatic hydroxyl groups is 1. The molecule has 1 saturated heterocycles. The number of H-pyrrole nitrogens is 1. The summed E-state index contributed by atoms with van der Waals surface area (Å²) in [7, 11) is 0. The van der Waals surface area contributed by atoms with E-state index in [0.717, 1.165) is 30.2 Å². The Hall–Kier alpha value is -1.92. The van der Waals surface area contributed by atoms with Gasteiger partial charge in [-0.25, -0.2) is 9.37 Å². The van der Waals surface area contributed by atoms with Crippen LogP contribution in [0.1, 0.15) is 30.6 Å². The van der Waals surface area contributed by atoms with E-state index in [9.17, 15) is 9.50 Å². The van der Waals surface area contributed by atoms with E-state index < -0.39 is 5.60 Å². The summed E-state index contributed by atoms with van der Waals surface area (Å²) in [5.41, 5.74) is 1.20. The molecule has 1 aliphatic heterocycles. The molecule has 1 unspecified atom stereocenters. The fraction of sp³-hybridized carbons (Fsp3) is 0.500. The van der Waals surface area contributed by atoms with Crippen LogP contribution in [-0.4, -0.2) is 45.3 Å². The number of hydrogen-bond acceptors (Lipinski definition) is 4. The molecule has 0 spiro atoms. The first-order chi connectivity index (χ1) is 11.5. The molecule has 2 aromatic rings. The second-order valence-electron chi connectivity index (χ2n) is 6.54. The Bertz CT molecular complexity index is 703. The first-order valence-corrected chi connectivity index (χ1v) is 8.35. The van der Waals surface area contributed by atoms with Crippen molar-refractivity contribution in [1.29, 1.82) is 0 Å². The third-order valence-electron chi connectivity index (χ3n) is 4.46. The monoisotopic (exact) mass is 333 g/mol. The number of aromatic amines is 1. The molecule has 24 heavy (non-hydrogen) atoms. The minimum Gasteiger partial charge on any atom is -0.490 e. The fourth-order valence-corrected chi connectivity index (χ4v) is 3.06. The lowest BCUT2D eigenvalue weighted by Gasteiger charge is -2.23. The lowest BCUT2D eigenvalue weighted by atomic mass is 10.1. The number of likely N-dealkylation sites (tertiary alicyclic amines) is 1. The van der Waals surface area contributed by atoms with Gasteiger partial charge in [0, 0.05) is 37.8 Å². The summed E-state index contributed by atoms with van der Waals surface area (Å²) in [6.07, 6.45) is 1.51. The van der Waals surface area contributed by atoms with Crippen molar-refractivity contribution in [2.24, 2.45) is 0 Å². The van der Waals surface area contributed by atoms with Crippen LogP contribution in [0.4, 0.5) is 4.39 Å². The molecule has 130 valence electrons. The van der Waals surface area contributed by atoms with E-state index in [0.29, 0.717) is 25.3 Å². The van der Waals surface area contributed by atoms with E-state index in [2.05, 4.69) is 21.8 Å². The van der Waals surface area contributed by atoms with Crippen molar-refractivity contribution in [2.45, 2.75) is 38.8 Å². The minimum atomic E-state index is -0.913. The Balaban J connectivity index is 1.56. The van der Waals surface area contributed by atoms with E-state index in [1.807, 2.05) is 6.92 Å². The van der Waals surface area contributed by atoms with Crippen LogP contribution in [0.2, 0.25) is 0 Å². The van der Waals surface area contributed by atoms with Gasteiger partial charge in [0.05, 0.1) is 5.69 Å². The first kappa shape index (κ1) is 16.9. The number of ether oxygens (including phenoxy) is 1. The molecule has 3 rings (SSSR count). The molecule has 1 fully saturated rings. The molecule has 0 bridgehead atoms. The van der Waals surface area contributed by atoms with E-state index >= 15 is 0 Å². The molecule has 0 amide bonds. The summed E-state index contributed by atoms with van der Waals surface area (Å²) in [4.78, 5) is 10.0. The number of benzene rings is 1. The van der Waals surface area contributed by atoms with Crippen LogP contribution in [0, 0.1) is 12.7 Å². The summed E-state index contributed by atoms with van der Waals surface area (Å²) in [5, 5.41) is 10.7. The van der Waals surface area contributed by atoms with Gasteiger partial charge in [-0.1, -0.05) is 13.0 Å². The number of nitrogens with one attached hydrogen (secondary N) is 1. The number of hydrogen-bond donors (Lipinski definition) is 2. The molecule has 1 aliphatic rings. The maximum absolute atomic E-state index is 13.2. The Morgan fingerprint density at radius 1 is 1.46 bits per heavy atom. The van der Waals surface area contributed by atoms with Crippen molar-refractivity contribution < 1.29 is 14.2 Å². The number of nitrogens with zero attached hydrogens (tertiary/aromatic N) is 2. The fourth-order valence-electron chi connectivity index (χ4n) is 3.06. The highest BCUT2D eigenvalue weighted by Crippen LogP contribution is 2.25. The zero-order valence-corrected chi connectivity index (χ0v) is 14.2. The van der Waals surface area contributed by atoms with Crippen molar-refractivity contribution in [2.75, 3.05) is 19.7 Å². The first-order valence-electron chi connectivity index (χ1n) is 8.35. The van der Waals surface area contributed by atoms with E-state index in [1.54, 1.807) is 12.1 Å². The maximum Gasteiger partial charge on any atom is 0.126 e. The van der Waals surface area contributed by atoms with Gasteiger partial charge in [0.15, 0.2) is 0 Å². The third-order valence-corrected chi connectivity index (χ3v) is 4.46. The van der Waals surface area contributed by atoms with Gasteiger partial charge in [-0.05, 0) is 25.5 Å². The number of β-amino-alcohol motifs (C(OH)–C–C–N with tert-alkyl or cyclic N) is 1. The molecule has 5 nitrogen and oxygen atoms in total. The van der Waals surface area contributed by atoms with Crippen molar-refractivity contribution in [3.63, 3.8) is 0 Å². The summed E-state index contributed by atoms with van der Waals surface area (Å²) in [5.74, 6) is 1.09. The Morgan fingerprint density at radius 3 is 3.00 bits per heavy atom. The summed E-state index contributed by atoms with van der Waals surface area (Å²) in [6, 6.07) is 5.99. The molecule has 2 N–H and O–H groups in total. The summed E-state index contributed by atoms with van der Waals surface area (Å²) in [6.45, 7) is 6.28. The van der Waals surface area contributed by atoms with Gasteiger partial charge < -0.3 is 14.8 Å². The molecule has 6 heteroatoms. The quantitative estimate of drug-likeness (QED) is 0.852. The number of aryl methyl sites for hydroxylation is 2. The Morgan fingerprint density at radius 2 is 2.29 bits per heavy atom. The van der Waals surface area contributed by atoms with Gasteiger partial charge in [0.2, 0.25) is 0 Å². The third kappa shape index (κ3) is 3.94. The summed E-state index contributed by atoms with van der Waals surface area (Å²) >= 11 is 0. The minimum absolute atomic E-state index is 0.159. The van der Waals surface area contributed by atoms with Crippen LogP contribution in [0.3, 0.4) is 0 Å². The van der Waals surface area contributed by atoms with Crippen LogP contribution in [0.5, 0.6) is 5.75 Å². The van der Waals surface area contributed by atoms with Gasteiger partial charge in [0.1, 0.15) is 29.6 Å². The number of rotatable bonds is 6. The van der Waals surface area contributed by atoms with Gasteiger partial charge in [0.25, 0.3) is 0 Å². The number of halogens is 1. The smallest absolute Gasteiger partial charge is 0.126 e. The molecule has 0 saturated carbocycles. The molecule has 1 aromatic carbocycles. The second kappa shape index (κ2) is 6.91. The van der Waals surface area contributed by atoms with Crippen LogP contribution in [-0.2, 0) is 13.0 Å². The predicted molar refractivity (Wildman–Crippen MR) is 89.4 cm³/mol. The maximum atomic E-state index is 13.2. The largest absolute Gasteiger partial charge is 0.490 e. The van der Waals surface area contributed by atoms with Crippen molar-refractivity contribution in [1.82, 2.24) is 14.9 Å². The number of imidazole rings is 1. The molecular formula is C18H24FN3O2. The number of aromatic nitrogens is 2. The highest BCUT2D eigenvalue weighted by Gasteiger charge is 2.37. The van der Waals surface area contributed by atoms with Crippen LogP contribution >= 0.6 is 0 Å². The SMILES string of the molecule is CCc1nc(CN2CCC(O)(COc3cccc(F)c3)C2)c(C)[nH]1. The standard InChI is InChI=1S/C18H24FN3O2/c1-3-17-20-13(2)16(21-17)10-22-8-7-18(23,11-22)12-24-15-6-4-5-14(19)9-15/h4-6,9,23H,3,7-8,10-12H2,1-2H3,(H,20,21). The normalized spacial score (nSPS) is 21.3. The highest BCUT2D eigenvalue weighted by atomic mass is 19.1. The second-order valence-corrected chi connectivity index (χ2v) is 6.54. The molecular weight excluding hydrogens is 309 g/mol. The predicted octanol–water partition coefficient (Wildman–Crippen LogP) is 2.44. The van der Waals surface area contributed by atoms with Crippen molar-refractivity contribution in [3.8, 4) is 5.75 Å². The molecule has 0 radical (unpaired) electrons. The van der Waals surface area contributed by atoms with Crippen LogP contribution in [0.25, 0.3) is 0 Å². The van der Waals surface area contributed by atoms with Crippen molar-refractivity contribution in [3.05, 3.63) is 47.3 Å². The highest BCUT2D eigenvalue weighted by molar-refractivity contribution is 5.22. The summed E-state index contributed by atoms with van der Waals surface area (Å²) < 4.78 is 18.8. The molecule has 2 heterocycles. The average molecular weight is 333 g/mol. The van der Waals surface area contributed by atoms with E-state index in [-0.39, 0.29) is 12.4 Å². The van der Waals surface area contributed by atoms with Crippen LogP contribution in [0.15, 0.2) is 24.3 Å².